The van der Waals surface area contributed by atoms with Gasteiger partial charge < -0.3 is 10.4 Å². The van der Waals surface area contributed by atoms with E-state index in [2.05, 4.69) is 17.2 Å². The monoisotopic (exact) mass is 299 g/mol. The fourth-order valence-corrected chi connectivity index (χ4v) is 1.92. The van der Waals surface area contributed by atoms with Gasteiger partial charge in [0.15, 0.2) is 0 Å². The van der Waals surface area contributed by atoms with Gasteiger partial charge in [-0.15, -0.1) is 0 Å². The number of hydrogen-bond donors (Lipinski definition) is 2. The molecule has 0 unspecified atom stereocenters. The summed E-state index contributed by atoms with van der Waals surface area (Å²) in [4.78, 5) is 12.1. The van der Waals surface area contributed by atoms with Crippen LogP contribution in [0.2, 0.25) is 5.02 Å². The van der Waals surface area contributed by atoms with E-state index < -0.39 is 0 Å². The van der Waals surface area contributed by atoms with Crippen LogP contribution in [0.25, 0.3) is 0 Å². The van der Waals surface area contributed by atoms with Crippen molar-refractivity contribution in [3.63, 3.8) is 0 Å². The van der Waals surface area contributed by atoms with Gasteiger partial charge in [-0.3, -0.25) is 4.79 Å². The number of aliphatic hydroxyl groups excluding tert-OH is 1. The number of nitrogens with one attached hydrogen (secondary N) is 1. The molecule has 0 aliphatic heterocycles. The molecule has 0 fully saturated rings. The first-order valence-corrected chi connectivity index (χ1v) is 6.84. The maximum Gasteiger partial charge on any atom is 0.257 e. The van der Waals surface area contributed by atoms with E-state index in [1.807, 2.05) is 12.1 Å². The van der Waals surface area contributed by atoms with E-state index in [0.717, 1.165) is 5.56 Å². The minimum Gasteiger partial charge on any atom is -0.395 e. The van der Waals surface area contributed by atoms with Crippen molar-refractivity contribution in [3.8, 4) is 11.8 Å². The number of halogens is 1. The average Bonchev–Trinajstić information content (AvgIpc) is 2.49. The molecule has 2 N–H and O–H groups in total. The molecule has 0 heterocycles. The fourth-order valence-electron chi connectivity index (χ4n) is 1.70. The minimum atomic E-state index is -0.250. The van der Waals surface area contributed by atoms with Crippen molar-refractivity contribution in [2.45, 2.75) is 6.42 Å². The molecule has 0 aliphatic carbocycles. The second-order valence-electron chi connectivity index (χ2n) is 4.29. The van der Waals surface area contributed by atoms with E-state index >= 15 is 0 Å². The summed E-state index contributed by atoms with van der Waals surface area (Å²) in [5, 5.41) is 11.9. The Bertz CT molecular complexity index is 684. The molecule has 0 bridgehead atoms. The Morgan fingerprint density at radius 1 is 1.14 bits per heavy atom. The number of benzene rings is 2. The van der Waals surface area contributed by atoms with Crippen LogP contribution in [0.4, 0.5) is 5.69 Å². The van der Waals surface area contributed by atoms with Crippen molar-refractivity contribution in [1.29, 1.82) is 0 Å². The van der Waals surface area contributed by atoms with Gasteiger partial charge in [-0.25, -0.2) is 0 Å². The second kappa shape index (κ2) is 7.49. The third-order valence-electron chi connectivity index (χ3n) is 2.73. The molecule has 0 atom stereocenters. The first-order chi connectivity index (χ1) is 10.2. The highest BCUT2D eigenvalue weighted by Gasteiger charge is 2.09. The van der Waals surface area contributed by atoms with Gasteiger partial charge in [-0.1, -0.05) is 35.6 Å². The van der Waals surface area contributed by atoms with Gasteiger partial charge in [0.05, 0.1) is 17.2 Å². The quantitative estimate of drug-likeness (QED) is 0.854. The smallest absolute Gasteiger partial charge is 0.257 e. The zero-order valence-electron chi connectivity index (χ0n) is 11.3. The van der Waals surface area contributed by atoms with Crippen LogP contribution >= 0.6 is 11.6 Å². The highest BCUT2D eigenvalue weighted by atomic mass is 35.5. The Kier molecular flexibility index (Phi) is 5.39. The van der Waals surface area contributed by atoms with E-state index in [4.69, 9.17) is 16.7 Å². The third kappa shape index (κ3) is 4.35. The predicted molar refractivity (Wildman–Crippen MR) is 84.4 cm³/mol. The lowest BCUT2D eigenvalue weighted by atomic mass is 10.2. The molecule has 0 aliphatic rings. The summed E-state index contributed by atoms with van der Waals surface area (Å²) in [7, 11) is 0. The number of rotatable bonds is 3. The summed E-state index contributed by atoms with van der Waals surface area (Å²) in [6, 6.07) is 14.1. The molecule has 0 radical (unpaired) electrons. The van der Waals surface area contributed by atoms with Gasteiger partial charge in [0.25, 0.3) is 5.91 Å². The second-order valence-corrected chi connectivity index (χ2v) is 4.69. The molecular weight excluding hydrogens is 286 g/mol. The molecule has 2 aromatic carbocycles. The lowest BCUT2D eigenvalue weighted by Gasteiger charge is -2.06. The van der Waals surface area contributed by atoms with Gasteiger partial charge in [0, 0.05) is 17.7 Å². The summed E-state index contributed by atoms with van der Waals surface area (Å²) >= 11 is 5.98. The molecule has 1 amide bonds. The fraction of sp³-hybridized carbons (Fsp3) is 0.118. The average molecular weight is 300 g/mol. The van der Waals surface area contributed by atoms with E-state index in [-0.39, 0.29) is 12.5 Å². The van der Waals surface area contributed by atoms with Gasteiger partial charge in [0.2, 0.25) is 0 Å². The molecule has 0 aromatic heterocycles. The van der Waals surface area contributed by atoms with Crippen LogP contribution < -0.4 is 5.32 Å². The molecule has 0 saturated carbocycles. The maximum absolute atomic E-state index is 12.1. The highest BCUT2D eigenvalue weighted by molar-refractivity contribution is 6.34. The van der Waals surface area contributed by atoms with E-state index in [9.17, 15) is 4.79 Å². The highest BCUT2D eigenvalue weighted by Crippen LogP contribution is 2.17. The topological polar surface area (TPSA) is 49.3 Å². The Morgan fingerprint density at radius 2 is 1.86 bits per heavy atom. The zero-order chi connectivity index (χ0) is 15.1. The molecule has 21 heavy (non-hydrogen) atoms. The van der Waals surface area contributed by atoms with Crippen molar-refractivity contribution < 1.29 is 9.90 Å². The SMILES string of the molecule is O=C(Nc1ccc(C#CCCO)cc1)c1ccccc1Cl. The van der Waals surface area contributed by atoms with Crippen LogP contribution in [0.1, 0.15) is 22.3 Å². The van der Waals surface area contributed by atoms with E-state index in [1.54, 1.807) is 36.4 Å². The Balaban J connectivity index is 2.06. The Labute approximate surface area is 128 Å². The number of anilines is 1. The zero-order valence-corrected chi connectivity index (χ0v) is 12.0. The van der Waals surface area contributed by atoms with Crippen molar-refractivity contribution in [2.24, 2.45) is 0 Å². The number of aliphatic hydroxyl groups is 1. The summed E-state index contributed by atoms with van der Waals surface area (Å²) in [6.07, 6.45) is 0.449. The van der Waals surface area contributed by atoms with Crippen LogP contribution in [-0.2, 0) is 0 Å². The minimum absolute atomic E-state index is 0.0545. The summed E-state index contributed by atoms with van der Waals surface area (Å²) in [5.74, 6) is 5.51. The van der Waals surface area contributed by atoms with Gasteiger partial charge in [-0.2, -0.15) is 0 Å². The molecule has 0 saturated heterocycles. The van der Waals surface area contributed by atoms with Crippen molar-refractivity contribution >= 4 is 23.2 Å². The lowest BCUT2D eigenvalue weighted by Crippen LogP contribution is -2.12. The third-order valence-corrected chi connectivity index (χ3v) is 3.06. The van der Waals surface area contributed by atoms with Crippen molar-refractivity contribution in [2.75, 3.05) is 11.9 Å². The molecule has 2 aromatic rings. The number of carbonyl (C=O) groups is 1. The summed E-state index contributed by atoms with van der Waals surface area (Å²) in [6.45, 7) is 0.0545. The maximum atomic E-state index is 12.1. The number of amides is 1. The standard InChI is InChI=1S/C17H14ClNO2/c18-16-7-2-1-6-15(16)17(21)19-14-10-8-13(9-11-14)5-3-4-12-20/h1-2,6-11,20H,4,12H2,(H,19,21). The molecular formula is C17H14ClNO2. The number of hydrogen-bond acceptors (Lipinski definition) is 2. The first kappa shape index (κ1) is 15.1. The van der Waals surface area contributed by atoms with Crippen molar-refractivity contribution in [1.82, 2.24) is 0 Å². The van der Waals surface area contributed by atoms with Crippen molar-refractivity contribution in [3.05, 3.63) is 64.7 Å². The van der Waals surface area contributed by atoms with Crippen LogP contribution in [-0.4, -0.2) is 17.6 Å². The Hall–Kier alpha value is -2.28. The molecule has 3 nitrogen and oxygen atoms in total. The van der Waals surface area contributed by atoms with Gasteiger partial charge in [0.1, 0.15) is 0 Å². The molecule has 0 spiro atoms. The Morgan fingerprint density at radius 3 is 2.52 bits per heavy atom. The van der Waals surface area contributed by atoms with E-state index in [0.29, 0.717) is 22.7 Å². The molecule has 2 rings (SSSR count). The van der Waals surface area contributed by atoms with Gasteiger partial charge >= 0.3 is 0 Å². The van der Waals surface area contributed by atoms with Crippen LogP contribution in [0, 0.1) is 11.8 Å². The molecule has 106 valence electrons. The van der Waals surface area contributed by atoms with Crippen LogP contribution in [0.15, 0.2) is 48.5 Å². The first-order valence-electron chi connectivity index (χ1n) is 6.46. The summed E-state index contributed by atoms with van der Waals surface area (Å²) in [5.41, 5.74) is 1.94. The summed E-state index contributed by atoms with van der Waals surface area (Å²) < 4.78 is 0. The van der Waals surface area contributed by atoms with E-state index in [1.165, 1.54) is 0 Å². The lowest BCUT2D eigenvalue weighted by molar-refractivity contribution is 0.102. The normalized spacial score (nSPS) is 9.62. The largest absolute Gasteiger partial charge is 0.395 e. The van der Waals surface area contributed by atoms with Crippen LogP contribution in [0.3, 0.4) is 0 Å². The van der Waals surface area contributed by atoms with Gasteiger partial charge in [-0.05, 0) is 36.4 Å². The predicted octanol–water partition coefficient (Wildman–Crippen LogP) is 3.33. The number of carbonyl (C=O) groups excluding carboxylic acids is 1. The van der Waals surface area contributed by atoms with Crippen LogP contribution in [0.5, 0.6) is 0 Å². The molecule has 4 heteroatoms.